The summed E-state index contributed by atoms with van der Waals surface area (Å²) in [5, 5.41) is 1.96. The normalized spacial score (nSPS) is 17.9. The molecule has 1 saturated carbocycles. The molecular weight excluding hydrogens is 296 g/mol. The second-order valence-electron chi connectivity index (χ2n) is 6.02. The average Bonchev–Trinajstić information content (AvgIpc) is 3.06. The first-order valence-electron chi connectivity index (χ1n) is 7.81. The fraction of sp³-hybridized carbons (Fsp3) is 0.412. The van der Waals surface area contributed by atoms with Crippen molar-refractivity contribution in [2.24, 2.45) is 11.7 Å². The predicted octanol–water partition coefficient (Wildman–Crippen LogP) is 2.64. The Bertz CT molecular complexity index is 752. The van der Waals surface area contributed by atoms with Crippen LogP contribution in [0.1, 0.15) is 25.7 Å². The molecule has 0 heterocycles. The van der Waals surface area contributed by atoms with E-state index in [2.05, 4.69) is 4.72 Å². The van der Waals surface area contributed by atoms with E-state index in [1.165, 1.54) is 12.8 Å². The molecule has 1 aliphatic carbocycles. The van der Waals surface area contributed by atoms with E-state index in [4.69, 9.17) is 5.73 Å². The maximum absolute atomic E-state index is 12.6. The first-order valence-corrected chi connectivity index (χ1v) is 9.30. The van der Waals surface area contributed by atoms with Gasteiger partial charge in [0.05, 0.1) is 4.90 Å². The summed E-state index contributed by atoms with van der Waals surface area (Å²) < 4.78 is 28.1. The number of nitrogens with two attached hydrogens (primary N) is 1. The van der Waals surface area contributed by atoms with Gasteiger partial charge in [0.2, 0.25) is 10.0 Å². The number of rotatable bonds is 5. The number of fused-ring (bicyclic) bond motifs is 1. The molecule has 118 valence electrons. The lowest BCUT2D eigenvalue weighted by Crippen LogP contribution is -2.44. The van der Waals surface area contributed by atoms with Crippen LogP contribution in [-0.2, 0) is 10.0 Å². The summed E-state index contributed by atoms with van der Waals surface area (Å²) in [6.45, 7) is 0.345. The maximum atomic E-state index is 12.6. The lowest BCUT2D eigenvalue weighted by Gasteiger charge is -2.23. The van der Waals surface area contributed by atoms with Crippen LogP contribution in [-0.4, -0.2) is 21.0 Å². The third kappa shape index (κ3) is 3.16. The van der Waals surface area contributed by atoms with Crippen molar-refractivity contribution >= 4 is 20.8 Å². The molecule has 2 aromatic carbocycles. The van der Waals surface area contributed by atoms with Crippen molar-refractivity contribution in [2.75, 3.05) is 6.54 Å². The summed E-state index contributed by atoms with van der Waals surface area (Å²) >= 11 is 0. The van der Waals surface area contributed by atoms with Gasteiger partial charge >= 0.3 is 0 Å². The Morgan fingerprint density at radius 1 is 1.09 bits per heavy atom. The zero-order valence-corrected chi connectivity index (χ0v) is 13.4. The molecule has 22 heavy (non-hydrogen) atoms. The summed E-state index contributed by atoms with van der Waals surface area (Å²) in [5.74, 6) is 0.361. The van der Waals surface area contributed by atoms with Crippen LogP contribution in [0.5, 0.6) is 0 Å². The summed E-state index contributed by atoms with van der Waals surface area (Å²) in [5.41, 5.74) is 5.80. The van der Waals surface area contributed by atoms with Crippen LogP contribution in [0.3, 0.4) is 0 Å². The van der Waals surface area contributed by atoms with Gasteiger partial charge in [0.15, 0.2) is 0 Å². The second kappa shape index (κ2) is 6.36. The molecule has 1 aliphatic rings. The van der Waals surface area contributed by atoms with Gasteiger partial charge in [0, 0.05) is 12.6 Å². The minimum atomic E-state index is -3.53. The van der Waals surface area contributed by atoms with Gasteiger partial charge in [-0.25, -0.2) is 13.1 Å². The van der Waals surface area contributed by atoms with E-state index >= 15 is 0 Å². The highest BCUT2D eigenvalue weighted by Crippen LogP contribution is 2.28. The van der Waals surface area contributed by atoms with Crippen molar-refractivity contribution in [3.63, 3.8) is 0 Å². The fourth-order valence-corrected chi connectivity index (χ4v) is 4.65. The zero-order chi connectivity index (χ0) is 15.6. The lowest BCUT2D eigenvalue weighted by atomic mass is 9.99. The Morgan fingerprint density at radius 2 is 1.77 bits per heavy atom. The molecule has 1 unspecified atom stereocenters. The van der Waals surface area contributed by atoms with Crippen LogP contribution in [0.25, 0.3) is 10.8 Å². The molecule has 0 amide bonds. The fourth-order valence-electron chi connectivity index (χ4n) is 3.30. The van der Waals surface area contributed by atoms with Gasteiger partial charge in [0.25, 0.3) is 0 Å². The minimum absolute atomic E-state index is 0.168. The van der Waals surface area contributed by atoms with Crippen molar-refractivity contribution in [2.45, 2.75) is 36.6 Å². The van der Waals surface area contributed by atoms with Gasteiger partial charge in [-0.1, -0.05) is 43.2 Å². The molecule has 2 aromatic rings. The molecule has 3 N–H and O–H groups in total. The van der Waals surface area contributed by atoms with Gasteiger partial charge in [-0.05, 0) is 41.7 Å². The number of hydrogen-bond donors (Lipinski definition) is 2. The van der Waals surface area contributed by atoms with E-state index in [0.29, 0.717) is 17.4 Å². The van der Waals surface area contributed by atoms with Crippen LogP contribution in [0.15, 0.2) is 47.4 Å². The maximum Gasteiger partial charge on any atom is 0.240 e. The molecule has 5 heteroatoms. The average molecular weight is 318 g/mol. The van der Waals surface area contributed by atoms with Crippen LogP contribution in [0.4, 0.5) is 0 Å². The van der Waals surface area contributed by atoms with E-state index in [-0.39, 0.29) is 6.04 Å². The molecule has 0 aromatic heterocycles. The number of benzene rings is 2. The molecular formula is C17H22N2O2S. The lowest BCUT2D eigenvalue weighted by molar-refractivity contribution is 0.405. The highest BCUT2D eigenvalue weighted by Gasteiger charge is 2.28. The third-order valence-corrected chi connectivity index (χ3v) is 6.05. The SMILES string of the molecule is NCC(NS(=O)(=O)c1ccc2ccccc2c1)C1CCCC1. The Morgan fingerprint density at radius 3 is 2.45 bits per heavy atom. The summed E-state index contributed by atoms with van der Waals surface area (Å²) in [6, 6.07) is 12.8. The third-order valence-electron chi connectivity index (χ3n) is 4.56. The summed E-state index contributed by atoms with van der Waals surface area (Å²) in [4.78, 5) is 0.308. The van der Waals surface area contributed by atoms with Crippen molar-refractivity contribution in [1.29, 1.82) is 0 Å². The van der Waals surface area contributed by atoms with Gasteiger partial charge in [-0.15, -0.1) is 0 Å². The first kappa shape index (κ1) is 15.5. The van der Waals surface area contributed by atoms with Gasteiger partial charge in [-0.3, -0.25) is 0 Å². The topological polar surface area (TPSA) is 72.2 Å². The summed E-state index contributed by atoms with van der Waals surface area (Å²) in [6.07, 6.45) is 4.45. The van der Waals surface area contributed by atoms with Crippen LogP contribution < -0.4 is 10.5 Å². The van der Waals surface area contributed by atoms with Crippen LogP contribution in [0, 0.1) is 5.92 Å². The molecule has 0 saturated heterocycles. The number of hydrogen-bond acceptors (Lipinski definition) is 3. The predicted molar refractivity (Wildman–Crippen MR) is 89.1 cm³/mol. The minimum Gasteiger partial charge on any atom is -0.329 e. The van der Waals surface area contributed by atoms with Gasteiger partial charge in [-0.2, -0.15) is 0 Å². The van der Waals surface area contributed by atoms with E-state index in [1.807, 2.05) is 30.3 Å². The van der Waals surface area contributed by atoms with Gasteiger partial charge in [0.1, 0.15) is 0 Å². The molecule has 3 rings (SSSR count). The van der Waals surface area contributed by atoms with Crippen LogP contribution in [0.2, 0.25) is 0 Å². The molecule has 0 aliphatic heterocycles. The molecule has 4 nitrogen and oxygen atoms in total. The van der Waals surface area contributed by atoms with Crippen molar-refractivity contribution < 1.29 is 8.42 Å². The number of sulfonamides is 1. The number of nitrogens with one attached hydrogen (secondary N) is 1. The molecule has 0 spiro atoms. The van der Waals surface area contributed by atoms with Crippen LogP contribution >= 0.6 is 0 Å². The van der Waals surface area contributed by atoms with E-state index in [0.717, 1.165) is 23.6 Å². The second-order valence-corrected chi connectivity index (χ2v) is 7.73. The van der Waals surface area contributed by atoms with E-state index in [1.54, 1.807) is 12.1 Å². The smallest absolute Gasteiger partial charge is 0.240 e. The first-order chi connectivity index (χ1) is 10.6. The largest absolute Gasteiger partial charge is 0.329 e. The molecule has 1 atom stereocenters. The zero-order valence-electron chi connectivity index (χ0n) is 12.5. The Hall–Kier alpha value is -1.43. The summed E-state index contributed by atoms with van der Waals surface area (Å²) in [7, 11) is -3.53. The van der Waals surface area contributed by atoms with Crippen molar-refractivity contribution in [3.05, 3.63) is 42.5 Å². The molecule has 0 radical (unpaired) electrons. The van der Waals surface area contributed by atoms with Crippen molar-refractivity contribution in [3.8, 4) is 0 Å². The van der Waals surface area contributed by atoms with E-state index in [9.17, 15) is 8.42 Å². The monoisotopic (exact) mass is 318 g/mol. The van der Waals surface area contributed by atoms with E-state index < -0.39 is 10.0 Å². The van der Waals surface area contributed by atoms with Gasteiger partial charge < -0.3 is 5.73 Å². The standard InChI is InChI=1S/C17H22N2O2S/c18-12-17(14-6-2-3-7-14)19-22(20,21)16-10-9-13-5-1-4-8-15(13)11-16/h1,4-5,8-11,14,17,19H,2-3,6-7,12,18H2. The van der Waals surface area contributed by atoms with Crippen molar-refractivity contribution in [1.82, 2.24) is 4.72 Å². The highest BCUT2D eigenvalue weighted by atomic mass is 32.2. The Kier molecular flexibility index (Phi) is 4.47. The molecule has 0 bridgehead atoms. The highest BCUT2D eigenvalue weighted by molar-refractivity contribution is 7.89. The Labute approximate surface area is 131 Å². The Balaban J connectivity index is 1.86. The molecule has 1 fully saturated rings. The quantitative estimate of drug-likeness (QED) is 0.890.